The van der Waals surface area contributed by atoms with Gasteiger partial charge in [-0.15, -0.1) is 11.3 Å². The molecule has 1 aromatic carbocycles. The molecule has 0 aliphatic rings. The maximum atomic E-state index is 13.9. The second-order valence-electron chi connectivity index (χ2n) is 8.62. The van der Waals surface area contributed by atoms with E-state index in [1.807, 2.05) is 62.6 Å². The van der Waals surface area contributed by atoms with E-state index in [9.17, 15) is 4.79 Å². The molecular formula is C26H31N5OS. The molecule has 1 amide bonds. The second-order valence-corrected chi connectivity index (χ2v) is 9.57. The molecule has 7 heteroatoms. The zero-order valence-electron chi connectivity index (χ0n) is 19.8. The van der Waals surface area contributed by atoms with Crippen LogP contribution in [0, 0.1) is 6.92 Å². The minimum Gasteiger partial charge on any atom is -0.337 e. The Morgan fingerprint density at radius 2 is 1.85 bits per heavy atom. The second kappa shape index (κ2) is 10.3. The first-order valence-electron chi connectivity index (χ1n) is 11.3. The SMILES string of the molecule is Cc1nn(C)c2nc(-c3cccs3)cc(C(=O)N(CCCc3ccccc3)CCN(C)C)c12. The highest BCUT2D eigenvalue weighted by Crippen LogP contribution is 2.30. The maximum absolute atomic E-state index is 13.9. The number of hydrogen-bond acceptors (Lipinski definition) is 5. The lowest BCUT2D eigenvalue weighted by molar-refractivity contribution is 0.0745. The first-order chi connectivity index (χ1) is 15.9. The summed E-state index contributed by atoms with van der Waals surface area (Å²) in [7, 11) is 5.97. The van der Waals surface area contributed by atoms with Crippen molar-refractivity contribution in [1.82, 2.24) is 24.6 Å². The van der Waals surface area contributed by atoms with Gasteiger partial charge >= 0.3 is 0 Å². The number of benzene rings is 1. The van der Waals surface area contributed by atoms with Gasteiger partial charge in [0.05, 0.1) is 27.2 Å². The molecule has 0 aliphatic heterocycles. The van der Waals surface area contributed by atoms with Crippen LogP contribution in [0.25, 0.3) is 21.6 Å². The van der Waals surface area contributed by atoms with Gasteiger partial charge in [0, 0.05) is 26.7 Å². The lowest BCUT2D eigenvalue weighted by Crippen LogP contribution is -2.37. The van der Waals surface area contributed by atoms with Gasteiger partial charge in [-0.1, -0.05) is 36.4 Å². The number of likely N-dealkylation sites (N-methyl/N-ethyl adjacent to an activating group) is 1. The molecule has 0 aliphatic carbocycles. The van der Waals surface area contributed by atoms with Gasteiger partial charge in [-0.25, -0.2) is 4.98 Å². The summed E-state index contributed by atoms with van der Waals surface area (Å²) in [5.41, 5.74) is 4.39. The Kier molecular flexibility index (Phi) is 7.20. The number of amides is 1. The van der Waals surface area contributed by atoms with Gasteiger partial charge in [0.2, 0.25) is 0 Å². The third kappa shape index (κ3) is 5.31. The van der Waals surface area contributed by atoms with E-state index in [0.717, 1.165) is 46.7 Å². The van der Waals surface area contributed by atoms with Crippen molar-refractivity contribution in [3.05, 3.63) is 70.7 Å². The minimum atomic E-state index is 0.0474. The first-order valence-corrected chi connectivity index (χ1v) is 12.2. The summed E-state index contributed by atoms with van der Waals surface area (Å²) in [6.45, 7) is 4.15. The molecule has 4 rings (SSSR count). The van der Waals surface area contributed by atoms with Gasteiger partial charge in [0.25, 0.3) is 5.91 Å². The minimum absolute atomic E-state index is 0.0474. The van der Waals surface area contributed by atoms with Crippen LogP contribution in [0.3, 0.4) is 0 Å². The van der Waals surface area contributed by atoms with Crippen molar-refractivity contribution in [2.24, 2.45) is 7.05 Å². The molecule has 0 atom stereocenters. The average molecular weight is 462 g/mol. The van der Waals surface area contributed by atoms with Crippen molar-refractivity contribution >= 4 is 28.3 Å². The van der Waals surface area contributed by atoms with Crippen molar-refractivity contribution < 1.29 is 4.79 Å². The molecule has 0 N–H and O–H groups in total. The van der Waals surface area contributed by atoms with E-state index in [4.69, 9.17) is 4.98 Å². The number of hydrogen-bond donors (Lipinski definition) is 0. The fourth-order valence-electron chi connectivity index (χ4n) is 4.09. The van der Waals surface area contributed by atoms with Crippen molar-refractivity contribution in [3.8, 4) is 10.6 Å². The van der Waals surface area contributed by atoms with Crippen LogP contribution < -0.4 is 0 Å². The molecule has 0 radical (unpaired) electrons. The molecule has 0 fully saturated rings. The average Bonchev–Trinajstić information content (AvgIpc) is 3.44. The highest BCUT2D eigenvalue weighted by Gasteiger charge is 2.23. The molecule has 3 aromatic heterocycles. The fraction of sp³-hybridized carbons (Fsp3) is 0.346. The molecule has 0 bridgehead atoms. The van der Waals surface area contributed by atoms with Crippen molar-refractivity contribution in [1.29, 1.82) is 0 Å². The molecule has 3 heterocycles. The third-order valence-corrected chi connectivity index (χ3v) is 6.71. The summed E-state index contributed by atoms with van der Waals surface area (Å²) in [5, 5.41) is 7.45. The summed E-state index contributed by atoms with van der Waals surface area (Å²) < 4.78 is 1.78. The van der Waals surface area contributed by atoms with E-state index in [1.54, 1.807) is 16.0 Å². The number of aromatic nitrogens is 3. The molecule has 0 unspecified atom stereocenters. The van der Waals surface area contributed by atoms with E-state index in [0.29, 0.717) is 18.7 Å². The van der Waals surface area contributed by atoms with Crippen LogP contribution in [0.5, 0.6) is 0 Å². The predicted octanol–water partition coefficient (Wildman–Crippen LogP) is 4.64. The molecule has 0 spiro atoms. The van der Waals surface area contributed by atoms with Crippen LogP contribution in [0.1, 0.15) is 28.0 Å². The van der Waals surface area contributed by atoms with Crippen LogP contribution in [-0.2, 0) is 13.5 Å². The standard InChI is InChI=1S/C26H31N5OS/c1-19-24-21(18-22(23-13-9-17-33-23)27-25(24)30(4)28-19)26(32)31(16-15-29(2)3)14-8-12-20-10-6-5-7-11-20/h5-7,9-11,13,17-18H,8,12,14-16H2,1-4H3. The van der Waals surface area contributed by atoms with Gasteiger partial charge in [0.1, 0.15) is 0 Å². The van der Waals surface area contributed by atoms with E-state index >= 15 is 0 Å². The lowest BCUT2D eigenvalue weighted by atomic mass is 10.1. The third-order valence-electron chi connectivity index (χ3n) is 5.81. The molecule has 0 saturated heterocycles. The van der Waals surface area contributed by atoms with Gasteiger partial charge in [0.15, 0.2) is 5.65 Å². The monoisotopic (exact) mass is 461 g/mol. The summed E-state index contributed by atoms with van der Waals surface area (Å²) >= 11 is 1.63. The number of carbonyl (C=O) groups is 1. The molecular weight excluding hydrogens is 430 g/mol. The number of nitrogens with zero attached hydrogens (tertiary/aromatic N) is 5. The summed E-state index contributed by atoms with van der Waals surface area (Å²) in [4.78, 5) is 23.9. The zero-order chi connectivity index (χ0) is 23.4. The van der Waals surface area contributed by atoms with Gasteiger partial charge in [-0.05, 0) is 56.9 Å². The Balaban J connectivity index is 1.67. The van der Waals surface area contributed by atoms with E-state index in [2.05, 4.69) is 34.3 Å². The Hall–Kier alpha value is -3.03. The largest absolute Gasteiger partial charge is 0.337 e. The summed E-state index contributed by atoms with van der Waals surface area (Å²) in [5.74, 6) is 0.0474. The van der Waals surface area contributed by atoms with Gasteiger partial charge < -0.3 is 9.80 Å². The van der Waals surface area contributed by atoms with Gasteiger partial charge in [-0.3, -0.25) is 9.48 Å². The molecule has 172 valence electrons. The Morgan fingerprint density at radius 1 is 1.06 bits per heavy atom. The van der Waals surface area contributed by atoms with Crippen LogP contribution in [0.4, 0.5) is 0 Å². The highest BCUT2D eigenvalue weighted by molar-refractivity contribution is 7.13. The van der Waals surface area contributed by atoms with Crippen LogP contribution in [-0.4, -0.2) is 64.2 Å². The predicted molar refractivity (Wildman–Crippen MR) is 136 cm³/mol. The zero-order valence-corrected chi connectivity index (χ0v) is 20.6. The quantitative estimate of drug-likeness (QED) is 0.364. The van der Waals surface area contributed by atoms with Crippen molar-refractivity contribution in [2.75, 3.05) is 33.7 Å². The maximum Gasteiger partial charge on any atom is 0.254 e. The van der Waals surface area contributed by atoms with E-state index < -0.39 is 0 Å². The summed E-state index contributed by atoms with van der Waals surface area (Å²) in [6, 6.07) is 16.5. The van der Waals surface area contributed by atoms with E-state index in [1.165, 1.54) is 5.56 Å². The van der Waals surface area contributed by atoms with Crippen molar-refractivity contribution in [2.45, 2.75) is 19.8 Å². The number of carbonyl (C=O) groups excluding carboxylic acids is 1. The molecule has 6 nitrogen and oxygen atoms in total. The fourth-order valence-corrected chi connectivity index (χ4v) is 4.77. The van der Waals surface area contributed by atoms with Crippen LogP contribution in [0.15, 0.2) is 53.9 Å². The number of aryl methyl sites for hydroxylation is 3. The lowest BCUT2D eigenvalue weighted by Gasteiger charge is -2.25. The first kappa shape index (κ1) is 23.1. The normalized spacial score (nSPS) is 11.4. The summed E-state index contributed by atoms with van der Waals surface area (Å²) in [6.07, 6.45) is 1.87. The number of fused-ring (bicyclic) bond motifs is 1. The number of thiophene rings is 1. The van der Waals surface area contributed by atoms with E-state index in [-0.39, 0.29) is 5.91 Å². The highest BCUT2D eigenvalue weighted by atomic mass is 32.1. The Labute approximate surface area is 199 Å². The van der Waals surface area contributed by atoms with Crippen LogP contribution >= 0.6 is 11.3 Å². The van der Waals surface area contributed by atoms with Gasteiger partial charge in [-0.2, -0.15) is 5.10 Å². The Morgan fingerprint density at radius 3 is 2.55 bits per heavy atom. The molecule has 33 heavy (non-hydrogen) atoms. The molecule has 0 saturated carbocycles. The van der Waals surface area contributed by atoms with Crippen LogP contribution in [0.2, 0.25) is 0 Å². The number of rotatable bonds is 9. The Bertz CT molecular complexity index is 1210. The van der Waals surface area contributed by atoms with Crippen molar-refractivity contribution in [3.63, 3.8) is 0 Å². The molecule has 4 aromatic rings. The number of pyridine rings is 1. The smallest absolute Gasteiger partial charge is 0.254 e. The topological polar surface area (TPSA) is 54.3 Å².